The van der Waals surface area contributed by atoms with Gasteiger partial charge in [0.15, 0.2) is 0 Å². The summed E-state index contributed by atoms with van der Waals surface area (Å²) in [6, 6.07) is 1.49. The molecule has 0 aliphatic rings. The van der Waals surface area contributed by atoms with Crippen molar-refractivity contribution in [1.29, 1.82) is 0 Å². The van der Waals surface area contributed by atoms with Crippen LogP contribution in [-0.4, -0.2) is 27.6 Å². The molecule has 2 rings (SSSR count). The summed E-state index contributed by atoms with van der Waals surface area (Å²) in [5.74, 6) is -0.692. The number of rotatable bonds is 2. The quantitative estimate of drug-likeness (QED) is 0.805. The number of pyridine rings is 1. The SMILES string of the molecule is COc1cn2cc(C)nc2cc1C(=O)O. The second-order valence-corrected chi connectivity index (χ2v) is 3.21. The second kappa shape index (κ2) is 3.27. The predicted octanol–water partition coefficient (Wildman–Crippen LogP) is 1.35. The first-order valence-corrected chi connectivity index (χ1v) is 4.38. The van der Waals surface area contributed by atoms with Gasteiger partial charge in [0.2, 0.25) is 0 Å². The molecule has 0 aromatic carbocycles. The van der Waals surface area contributed by atoms with Crippen molar-refractivity contribution < 1.29 is 14.6 Å². The molecular formula is C10H10N2O3. The maximum absolute atomic E-state index is 10.9. The van der Waals surface area contributed by atoms with Gasteiger partial charge in [0, 0.05) is 6.20 Å². The molecule has 78 valence electrons. The average molecular weight is 206 g/mol. The zero-order valence-electron chi connectivity index (χ0n) is 8.39. The van der Waals surface area contributed by atoms with Crippen LogP contribution in [0.15, 0.2) is 18.5 Å². The molecule has 2 aromatic heterocycles. The molecule has 0 fully saturated rings. The number of aromatic carboxylic acids is 1. The lowest BCUT2D eigenvalue weighted by Gasteiger charge is -2.04. The summed E-state index contributed by atoms with van der Waals surface area (Å²) in [6.45, 7) is 1.85. The fourth-order valence-electron chi connectivity index (χ4n) is 1.47. The van der Waals surface area contributed by atoms with Gasteiger partial charge in [-0.15, -0.1) is 0 Å². The molecule has 0 unspecified atom stereocenters. The molecule has 1 N–H and O–H groups in total. The summed E-state index contributed by atoms with van der Waals surface area (Å²) in [6.07, 6.45) is 3.42. The first-order valence-electron chi connectivity index (χ1n) is 4.38. The third kappa shape index (κ3) is 1.52. The van der Waals surface area contributed by atoms with E-state index >= 15 is 0 Å². The Hall–Kier alpha value is -2.04. The minimum atomic E-state index is -1.02. The number of hydrogen-bond acceptors (Lipinski definition) is 3. The van der Waals surface area contributed by atoms with E-state index in [-0.39, 0.29) is 5.56 Å². The fourth-order valence-corrected chi connectivity index (χ4v) is 1.47. The van der Waals surface area contributed by atoms with Gasteiger partial charge in [-0.1, -0.05) is 0 Å². The number of hydrogen-bond donors (Lipinski definition) is 1. The van der Waals surface area contributed by atoms with Crippen LogP contribution in [0.2, 0.25) is 0 Å². The van der Waals surface area contributed by atoms with Crippen molar-refractivity contribution in [3.05, 3.63) is 29.7 Å². The van der Waals surface area contributed by atoms with E-state index in [0.717, 1.165) is 5.69 Å². The van der Waals surface area contributed by atoms with Crippen LogP contribution in [0, 0.1) is 6.92 Å². The Bertz CT molecular complexity index is 531. The number of fused-ring (bicyclic) bond motifs is 1. The van der Waals surface area contributed by atoms with Crippen LogP contribution >= 0.6 is 0 Å². The van der Waals surface area contributed by atoms with Gasteiger partial charge < -0.3 is 14.2 Å². The monoisotopic (exact) mass is 206 g/mol. The molecule has 0 spiro atoms. The standard InChI is InChI=1S/C10H10N2O3/c1-6-4-12-5-8(15-2)7(10(13)14)3-9(12)11-6/h3-5H,1-2H3,(H,13,14). The van der Waals surface area contributed by atoms with E-state index in [2.05, 4.69) is 4.98 Å². The molecule has 2 heterocycles. The number of methoxy groups -OCH3 is 1. The van der Waals surface area contributed by atoms with Crippen LogP contribution in [0.4, 0.5) is 0 Å². The molecule has 15 heavy (non-hydrogen) atoms. The predicted molar refractivity (Wildman–Crippen MR) is 53.4 cm³/mol. The normalized spacial score (nSPS) is 10.5. The van der Waals surface area contributed by atoms with Crippen LogP contribution in [-0.2, 0) is 0 Å². The Morgan fingerprint density at radius 2 is 2.27 bits per heavy atom. The maximum Gasteiger partial charge on any atom is 0.339 e. The molecule has 5 nitrogen and oxygen atoms in total. The Kier molecular flexibility index (Phi) is 2.07. The summed E-state index contributed by atoms with van der Waals surface area (Å²) in [5.41, 5.74) is 1.56. The van der Waals surface area contributed by atoms with Crippen LogP contribution in [0.5, 0.6) is 5.75 Å². The van der Waals surface area contributed by atoms with Crippen molar-refractivity contribution in [2.45, 2.75) is 6.92 Å². The van der Waals surface area contributed by atoms with Gasteiger partial charge in [-0.3, -0.25) is 0 Å². The van der Waals surface area contributed by atoms with Crippen LogP contribution in [0.25, 0.3) is 5.65 Å². The largest absolute Gasteiger partial charge is 0.494 e. The van der Waals surface area contributed by atoms with E-state index in [1.54, 1.807) is 10.6 Å². The van der Waals surface area contributed by atoms with Gasteiger partial charge in [0.05, 0.1) is 19.0 Å². The zero-order valence-corrected chi connectivity index (χ0v) is 8.39. The van der Waals surface area contributed by atoms with Gasteiger partial charge in [-0.2, -0.15) is 0 Å². The number of carbonyl (C=O) groups is 1. The number of imidazole rings is 1. The lowest BCUT2D eigenvalue weighted by Crippen LogP contribution is -2.02. The van der Waals surface area contributed by atoms with E-state index in [9.17, 15) is 4.79 Å². The van der Waals surface area contributed by atoms with E-state index in [1.807, 2.05) is 13.1 Å². The smallest absolute Gasteiger partial charge is 0.339 e. The van der Waals surface area contributed by atoms with Gasteiger partial charge >= 0.3 is 5.97 Å². The molecule has 0 aliphatic carbocycles. The summed E-state index contributed by atoms with van der Waals surface area (Å²) >= 11 is 0. The van der Waals surface area contributed by atoms with Crippen LogP contribution < -0.4 is 4.74 Å². The van der Waals surface area contributed by atoms with Gasteiger partial charge in [-0.25, -0.2) is 9.78 Å². The third-order valence-corrected chi connectivity index (χ3v) is 2.13. The van der Waals surface area contributed by atoms with Gasteiger partial charge in [0.1, 0.15) is 17.0 Å². The molecule has 0 saturated heterocycles. The van der Waals surface area contributed by atoms with Crippen molar-refractivity contribution in [3.63, 3.8) is 0 Å². The maximum atomic E-state index is 10.9. The molecule has 0 saturated carbocycles. The van der Waals surface area contributed by atoms with Crippen molar-refractivity contribution in [2.24, 2.45) is 0 Å². The Morgan fingerprint density at radius 3 is 2.87 bits per heavy atom. The molecule has 0 amide bonds. The fraction of sp³-hybridized carbons (Fsp3) is 0.200. The molecule has 0 atom stereocenters. The van der Waals surface area contributed by atoms with Crippen molar-refractivity contribution >= 4 is 11.6 Å². The van der Waals surface area contributed by atoms with Gasteiger partial charge in [0.25, 0.3) is 0 Å². The summed E-state index contributed by atoms with van der Waals surface area (Å²) < 4.78 is 6.73. The van der Waals surface area contributed by atoms with Crippen molar-refractivity contribution in [2.75, 3.05) is 7.11 Å². The first-order chi connectivity index (χ1) is 7.11. The van der Waals surface area contributed by atoms with E-state index in [0.29, 0.717) is 11.4 Å². The highest BCUT2D eigenvalue weighted by Crippen LogP contribution is 2.20. The lowest BCUT2D eigenvalue weighted by atomic mass is 10.2. The molecule has 0 bridgehead atoms. The average Bonchev–Trinajstić information content (AvgIpc) is 2.54. The number of carboxylic acids is 1. The third-order valence-electron chi connectivity index (χ3n) is 2.13. The van der Waals surface area contributed by atoms with Crippen LogP contribution in [0.1, 0.15) is 16.1 Å². The highest BCUT2D eigenvalue weighted by molar-refractivity contribution is 5.92. The molecule has 5 heteroatoms. The van der Waals surface area contributed by atoms with E-state index in [1.165, 1.54) is 13.2 Å². The highest BCUT2D eigenvalue weighted by atomic mass is 16.5. The second-order valence-electron chi connectivity index (χ2n) is 3.21. The number of aryl methyl sites for hydroxylation is 1. The number of nitrogens with zero attached hydrogens (tertiary/aromatic N) is 2. The number of aromatic nitrogens is 2. The Morgan fingerprint density at radius 1 is 1.53 bits per heavy atom. The minimum Gasteiger partial charge on any atom is -0.494 e. The Labute approximate surface area is 85.9 Å². The zero-order chi connectivity index (χ0) is 11.0. The van der Waals surface area contributed by atoms with Gasteiger partial charge in [-0.05, 0) is 13.0 Å². The summed E-state index contributed by atoms with van der Waals surface area (Å²) in [5, 5.41) is 8.95. The summed E-state index contributed by atoms with van der Waals surface area (Å²) in [7, 11) is 1.44. The van der Waals surface area contributed by atoms with E-state index < -0.39 is 5.97 Å². The lowest BCUT2D eigenvalue weighted by molar-refractivity contribution is 0.0693. The molecule has 2 aromatic rings. The molecular weight excluding hydrogens is 196 g/mol. The van der Waals surface area contributed by atoms with E-state index in [4.69, 9.17) is 9.84 Å². The topological polar surface area (TPSA) is 63.8 Å². The molecule has 0 radical (unpaired) electrons. The van der Waals surface area contributed by atoms with Crippen molar-refractivity contribution in [3.8, 4) is 5.75 Å². The first kappa shape index (κ1) is 9.51. The number of ether oxygens (including phenoxy) is 1. The Balaban J connectivity index is 2.73. The molecule has 0 aliphatic heterocycles. The minimum absolute atomic E-state index is 0.121. The summed E-state index contributed by atoms with van der Waals surface area (Å²) in [4.78, 5) is 15.1. The highest BCUT2D eigenvalue weighted by Gasteiger charge is 2.13. The van der Waals surface area contributed by atoms with Crippen molar-refractivity contribution in [1.82, 2.24) is 9.38 Å². The van der Waals surface area contributed by atoms with Crippen LogP contribution in [0.3, 0.4) is 0 Å². The number of carboxylic acid groups (broad SMARTS) is 1.